The number of hydrogen-bond donors (Lipinski definition) is 0. The molecule has 19 heavy (non-hydrogen) atoms. The number of allylic oxidation sites excluding steroid dienone is 2. The third-order valence-electron chi connectivity index (χ3n) is 5.73. The van der Waals surface area contributed by atoms with E-state index < -0.39 is 9.75 Å². The van der Waals surface area contributed by atoms with Gasteiger partial charge in [0.25, 0.3) is 0 Å². The number of hydrogen-bond acceptors (Lipinski definition) is 2. The lowest BCUT2D eigenvalue weighted by atomic mass is 9.53. The average Bonchev–Trinajstić information content (AvgIpc) is 2.46. The molecule has 0 aromatic carbocycles. The van der Waals surface area contributed by atoms with Crippen LogP contribution in [0.2, 0.25) is 0 Å². The highest BCUT2D eigenvalue weighted by atomic mass is 35.5. The van der Waals surface area contributed by atoms with Crippen molar-refractivity contribution in [3.05, 3.63) is 11.6 Å². The average molecular weight is 301 g/mol. The van der Waals surface area contributed by atoms with Crippen molar-refractivity contribution in [2.24, 2.45) is 10.8 Å². The van der Waals surface area contributed by atoms with E-state index in [0.717, 1.165) is 6.42 Å². The predicted molar refractivity (Wildman–Crippen MR) is 75.6 cm³/mol. The van der Waals surface area contributed by atoms with Gasteiger partial charge in [0.2, 0.25) is 0 Å². The highest BCUT2D eigenvalue weighted by Gasteiger charge is 2.71. The largest absolute Gasteiger partial charge is 0.295 e. The van der Waals surface area contributed by atoms with Gasteiger partial charge in [-0.25, -0.2) is 0 Å². The molecule has 0 aromatic heterocycles. The number of fused-ring (bicyclic) bond motifs is 1. The lowest BCUT2D eigenvalue weighted by molar-refractivity contribution is -0.121. The maximum Gasteiger partial charge on any atom is 0.182 e. The molecule has 4 heteroatoms. The van der Waals surface area contributed by atoms with Crippen molar-refractivity contribution in [3.63, 3.8) is 0 Å². The molecule has 2 bridgehead atoms. The second kappa shape index (κ2) is 3.46. The standard InChI is InChI=1S/C15H18Cl2O2/c1-12(2)7-9(18)6-10-11(19)15(17)8-14(10,12)5-4-13(15,3)16/h6H,4-5,7-8H2,1-3H3/t13-,14+,15?/m1/s1. The maximum absolute atomic E-state index is 12.7. The minimum Gasteiger partial charge on any atom is -0.295 e. The zero-order chi connectivity index (χ0) is 14.3. The van der Waals surface area contributed by atoms with Gasteiger partial charge in [0.05, 0.1) is 4.87 Å². The van der Waals surface area contributed by atoms with Gasteiger partial charge in [0, 0.05) is 17.4 Å². The smallest absolute Gasteiger partial charge is 0.182 e. The van der Waals surface area contributed by atoms with Crippen molar-refractivity contribution in [3.8, 4) is 0 Å². The summed E-state index contributed by atoms with van der Waals surface area (Å²) >= 11 is 13.2. The quantitative estimate of drug-likeness (QED) is 0.640. The van der Waals surface area contributed by atoms with Crippen molar-refractivity contribution in [1.82, 2.24) is 0 Å². The number of carbonyl (C=O) groups excluding carboxylic acids is 2. The molecule has 3 aliphatic carbocycles. The van der Waals surface area contributed by atoms with Crippen molar-refractivity contribution >= 4 is 34.8 Å². The van der Waals surface area contributed by atoms with E-state index in [1.807, 2.05) is 6.92 Å². The minimum atomic E-state index is -1.06. The molecule has 0 radical (unpaired) electrons. The van der Waals surface area contributed by atoms with Gasteiger partial charge in [-0.3, -0.25) is 9.59 Å². The number of alkyl halides is 2. The Morgan fingerprint density at radius 2 is 1.74 bits per heavy atom. The van der Waals surface area contributed by atoms with Crippen LogP contribution in [0.15, 0.2) is 11.6 Å². The SMILES string of the molecule is CC1(C)CC(=O)C=C2C(=O)C3(Cl)C[C@@]21CC[C@@]3(C)Cl. The first-order valence-electron chi connectivity index (χ1n) is 6.73. The van der Waals surface area contributed by atoms with Crippen LogP contribution in [0.4, 0.5) is 0 Å². The highest BCUT2D eigenvalue weighted by Crippen LogP contribution is 2.70. The Morgan fingerprint density at radius 1 is 1.11 bits per heavy atom. The van der Waals surface area contributed by atoms with Crippen LogP contribution >= 0.6 is 23.2 Å². The van der Waals surface area contributed by atoms with Gasteiger partial charge >= 0.3 is 0 Å². The van der Waals surface area contributed by atoms with E-state index in [9.17, 15) is 9.59 Å². The normalized spacial score (nSPS) is 47.9. The Kier molecular flexibility index (Phi) is 2.48. The molecule has 2 saturated carbocycles. The first-order chi connectivity index (χ1) is 8.56. The Bertz CT molecular complexity index is 532. The third kappa shape index (κ3) is 1.40. The number of rotatable bonds is 0. The molecule has 0 aliphatic heterocycles. The fourth-order valence-corrected chi connectivity index (χ4v) is 4.95. The van der Waals surface area contributed by atoms with Crippen LogP contribution in [0.25, 0.3) is 0 Å². The van der Waals surface area contributed by atoms with Crippen LogP contribution < -0.4 is 0 Å². The Hall–Kier alpha value is -0.340. The number of carbonyl (C=O) groups is 2. The monoisotopic (exact) mass is 300 g/mol. The summed E-state index contributed by atoms with van der Waals surface area (Å²) in [5.74, 6) is -0.0895. The fourth-order valence-electron chi connectivity index (χ4n) is 4.28. The highest BCUT2D eigenvalue weighted by molar-refractivity contribution is 6.46. The molecule has 2 nitrogen and oxygen atoms in total. The second-order valence-electron chi connectivity index (χ2n) is 7.17. The van der Waals surface area contributed by atoms with E-state index >= 15 is 0 Å². The van der Waals surface area contributed by atoms with Gasteiger partial charge in [-0.2, -0.15) is 0 Å². The number of halogens is 2. The second-order valence-corrected chi connectivity index (χ2v) is 8.65. The van der Waals surface area contributed by atoms with Crippen LogP contribution in [-0.2, 0) is 9.59 Å². The summed E-state index contributed by atoms with van der Waals surface area (Å²) < 4.78 is 0. The summed E-state index contributed by atoms with van der Waals surface area (Å²) in [4.78, 5) is 22.9. The molecule has 3 aliphatic rings. The maximum atomic E-state index is 12.7. The third-order valence-corrected chi connectivity index (χ3v) is 7.06. The van der Waals surface area contributed by atoms with Crippen molar-refractivity contribution in [2.45, 2.75) is 56.2 Å². The zero-order valence-corrected chi connectivity index (χ0v) is 13.0. The Morgan fingerprint density at radius 3 is 2.37 bits per heavy atom. The van der Waals surface area contributed by atoms with Crippen LogP contribution in [0.3, 0.4) is 0 Å². The molecule has 3 rings (SSSR count). The molecule has 0 amide bonds. The number of Topliss-reactive ketones (excluding diaryl/α,β-unsaturated/α-hetero) is 1. The first kappa shape index (κ1) is 13.6. The summed E-state index contributed by atoms with van der Waals surface area (Å²) in [6.07, 6.45) is 4.12. The van der Waals surface area contributed by atoms with E-state index in [1.165, 1.54) is 6.08 Å². The summed E-state index contributed by atoms with van der Waals surface area (Å²) in [5, 5.41) is 0. The van der Waals surface area contributed by atoms with Gasteiger partial charge in [0.1, 0.15) is 4.87 Å². The van der Waals surface area contributed by atoms with E-state index in [4.69, 9.17) is 23.2 Å². The summed E-state index contributed by atoms with van der Waals surface area (Å²) in [7, 11) is 0. The molecule has 1 unspecified atom stereocenters. The van der Waals surface area contributed by atoms with Crippen LogP contribution in [0.5, 0.6) is 0 Å². The van der Waals surface area contributed by atoms with Gasteiger partial charge < -0.3 is 0 Å². The van der Waals surface area contributed by atoms with Gasteiger partial charge in [-0.05, 0) is 37.7 Å². The first-order valence-corrected chi connectivity index (χ1v) is 7.49. The number of ketones is 2. The van der Waals surface area contributed by atoms with Crippen LogP contribution in [-0.4, -0.2) is 21.3 Å². The molecular weight excluding hydrogens is 283 g/mol. The van der Waals surface area contributed by atoms with Crippen LogP contribution in [0.1, 0.15) is 46.5 Å². The predicted octanol–water partition coefficient (Wildman–Crippen LogP) is 3.64. The minimum absolute atomic E-state index is 0.0306. The van der Waals surface area contributed by atoms with Crippen molar-refractivity contribution in [2.75, 3.05) is 0 Å². The van der Waals surface area contributed by atoms with Gasteiger partial charge in [-0.15, -0.1) is 23.2 Å². The lowest BCUT2D eigenvalue weighted by Gasteiger charge is -2.52. The molecule has 2 fully saturated rings. The Balaban J connectivity index is 2.25. The summed E-state index contributed by atoms with van der Waals surface area (Å²) in [6.45, 7) is 5.99. The van der Waals surface area contributed by atoms with E-state index in [2.05, 4.69) is 13.8 Å². The topological polar surface area (TPSA) is 34.1 Å². The molecule has 0 heterocycles. The van der Waals surface area contributed by atoms with E-state index in [1.54, 1.807) is 0 Å². The van der Waals surface area contributed by atoms with Gasteiger partial charge in [-0.1, -0.05) is 13.8 Å². The molecule has 0 saturated heterocycles. The van der Waals surface area contributed by atoms with Crippen molar-refractivity contribution < 1.29 is 9.59 Å². The zero-order valence-electron chi connectivity index (χ0n) is 11.5. The van der Waals surface area contributed by atoms with Crippen molar-refractivity contribution in [1.29, 1.82) is 0 Å². The van der Waals surface area contributed by atoms with E-state index in [0.29, 0.717) is 24.8 Å². The summed E-state index contributed by atoms with van der Waals surface area (Å²) in [5.41, 5.74) is 0.135. The Labute approximate surface area is 123 Å². The fraction of sp³-hybridized carbons (Fsp3) is 0.733. The van der Waals surface area contributed by atoms with E-state index in [-0.39, 0.29) is 22.4 Å². The summed E-state index contributed by atoms with van der Waals surface area (Å²) in [6, 6.07) is 0. The van der Waals surface area contributed by atoms with Gasteiger partial charge in [0.15, 0.2) is 11.6 Å². The molecular formula is C15H18Cl2O2. The molecule has 0 aromatic rings. The molecule has 3 atom stereocenters. The lowest BCUT2D eigenvalue weighted by Crippen LogP contribution is -2.52. The molecule has 0 N–H and O–H groups in total. The molecule has 1 spiro atoms. The van der Waals surface area contributed by atoms with Crippen LogP contribution in [0, 0.1) is 10.8 Å². The molecule has 104 valence electrons.